The fourth-order valence-corrected chi connectivity index (χ4v) is 5.09. The van der Waals surface area contributed by atoms with Crippen molar-refractivity contribution in [3.8, 4) is 0 Å². The first-order chi connectivity index (χ1) is 20.3. The molecule has 7 nitrogen and oxygen atoms in total. The van der Waals surface area contributed by atoms with Gasteiger partial charge in [0.25, 0.3) is 5.56 Å². The fourth-order valence-electron chi connectivity index (χ4n) is 3.91. The maximum absolute atomic E-state index is 14.1. The molecule has 1 atom stereocenters. The summed E-state index contributed by atoms with van der Waals surface area (Å²) in [5, 5.41) is 0. The van der Waals surface area contributed by atoms with E-state index in [-0.39, 0.29) is 29.2 Å². The molecule has 1 heterocycles. The van der Waals surface area contributed by atoms with E-state index >= 15 is 0 Å². The molecule has 18 heteroatoms. The number of hydrogen-bond acceptors (Lipinski definition) is 6. The van der Waals surface area contributed by atoms with Crippen LogP contribution in [0.25, 0.3) is 0 Å². The molecule has 0 aliphatic heterocycles. The molecule has 0 N–H and O–H groups in total. The topological polar surface area (TPSA) is 73.7 Å². The second-order valence-electron chi connectivity index (χ2n) is 8.73. The molecular formula is C26H20Br2F9N3O4. The van der Waals surface area contributed by atoms with Crippen LogP contribution in [0, 0.1) is 0 Å². The molecule has 0 radical (unpaired) electrons. The lowest BCUT2D eigenvalue weighted by Crippen LogP contribution is -2.45. The summed E-state index contributed by atoms with van der Waals surface area (Å²) in [6.07, 6.45) is -18.5. The zero-order valence-corrected chi connectivity index (χ0v) is 25.5. The number of carbonyl (C=O) groups excluding carboxylic acids is 1. The number of aromatic nitrogens is 2. The number of hydrogen-bond donors (Lipinski definition) is 0. The molecule has 3 rings (SSSR count). The fraction of sp³-hybridized carbons (Fsp3) is 0.346. The normalized spacial score (nSPS) is 13.1. The molecule has 44 heavy (non-hydrogen) atoms. The molecule has 3 aromatic rings. The molecule has 0 fully saturated rings. The monoisotopic (exact) mass is 767 g/mol. The second kappa shape index (κ2) is 13.5. The number of benzene rings is 2. The Morgan fingerprint density at radius 1 is 0.909 bits per heavy atom. The van der Waals surface area contributed by atoms with Gasteiger partial charge in [0.2, 0.25) is 12.2 Å². The highest BCUT2D eigenvalue weighted by Gasteiger charge is 2.44. The van der Waals surface area contributed by atoms with Gasteiger partial charge in [-0.3, -0.25) is 14.3 Å². The summed E-state index contributed by atoms with van der Waals surface area (Å²) in [4.78, 5) is 30.3. The number of esters is 1. The Bertz CT molecular complexity index is 1560. The first-order valence-electron chi connectivity index (χ1n) is 12.3. The van der Waals surface area contributed by atoms with E-state index in [1.54, 1.807) is 6.07 Å². The summed E-state index contributed by atoms with van der Waals surface area (Å²) in [7, 11) is 0. The van der Waals surface area contributed by atoms with Gasteiger partial charge in [0, 0.05) is 6.61 Å². The van der Waals surface area contributed by atoms with Crippen LogP contribution in [0.4, 0.5) is 51.1 Å². The Balaban J connectivity index is 2.60. The molecule has 0 bridgehead atoms. The van der Waals surface area contributed by atoms with Gasteiger partial charge in [-0.05, 0) is 63.4 Å². The lowest BCUT2D eigenvalue weighted by atomic mass is 10.1. The van der Waals surface area contributed by atoms with Crippen LogP contribution in [0.3, 0.4) is 0 Å². The van der Waals surface area contributed by atoms with E-state index in [1.165, 1.54) is 38.1 Å². The first-order valence-corrected chi connectivity index (χ1v) is 13.9. The van der Waals surface area contributed by atoms with E-state index in [4.69, 9.17) is 9.47 Å². The van der Waals surface area contributed by atoms with Gasteiger partial charge in [0.05, 0.1) is 34.4 Å². The summed E-state index contributed by atoms with van der Waals surface area (Å²) in [5.41, 5.74) is -7.94. The predicted octanol–water partition coefficient (Wildman–Crippen LogP) is 7.94. The Morgan fingerprint density at radius 3 is 2.02 bits per heavy atom. The third-order valence-electron chi connectivity index (χ3n) is 5.75. The van der Waals surface area contributed by atoms with Crippen LogP contribution in [0.2, 0.25) is 0 Å². The lowest BCUT2D eigenvalue weighted by molar-refractivity contribution is -0.155. The lowest BCUT2D eigenvalue weighted by Gasteiger charge is -2.34. The average molecular weight is 769 g/mol. The van der Waals surface area contributed by atoms with Gasteiger partial charge in [-0.15, -0.1) is 0 Å². The zero-order chi connectivity index (χ0) is 33.2. The van der Waals surface area contributed by atoms with Crippen molar-refractivity contribution in [2.75, 3.05) is 18.1 Å². The van der Waals surface area contributed by atoms with Gasteiger partial charge in [0.1, 0.15) is 4.47 Å². The largest absolute Gasteiger partial charge is 0.463 e. The van der Waals surface area contributed by atoms with E-state index in [0.29, 0.717) is 4.57 Å². The van der Waals surface area contributed by atoms with Crippen molar-refractivity contribution in [3.63, 3.8) is 0 Å². The summed E-state index contributed by atoms with van der Waals surface area (Å²) in [6.45, 7) is 1.22. The minimum Gasteiger partial charge on any atom is -0.463 e. The highest BCUT2D eigenvalue weighted by Crippen LogP contribution is 2.46. The first kappa shape index (κ1) is 35.4. The molecule has 0 aliphatic rings. The summed E-state index contributed by atoms with van der Waals surface area (Å²) in [6, 6.07) is 7.40. The van der Waals surface area contributed by atoms with Gasteiger partial charge < -0.3 is 9.47 Å². The SMILES string of the molecule is CCOC(=O)C(OCC)N(c1cc(C(F)(F)F)cc(C(F)(F)F)c1Br)c1nc(C(F)(F)F)c(Br)c(=O)n1Cc1ccccc1. The van der Waals surface area contributed by atoms with E-state index in [2.05, 4.69) is 36.8 Å². The molecule has 0 amide bonds. The number of nitrogens with zero attached hydrogens (tertiary/aromatic N) is 3. The van der Waals surface area contributed by atoms with Gasteiger partial charge in [0.15, 0.2) is 5.69 Å². The minimum atomic E-state index is -5.43. The zero-order valence-electron chi connectivity index (χ0n) is 22.4. The van der Waals surface area contributed by atoms with Crippen LogP contribution in [0.1, 0.15) is 36.2 Å². The molecule has 0 spiro atoms. The van der Waals surface area contributed by atoms with Gasteiger partial charge in [-0.2, -0.15) is 39.5 Å². The number of anilines is 2. The molecule has 2 aromatic carbocycles. The number of rotatable bonds is 9. The van der Waals surface area contributed by atoms with Gasteiger partial charge >= 0.3 is 24.5 Å². The van der Waals surface area contributed by atoms with Crippen LogP contribution in [-0.2, 0) is 39.3 Å². The average Bonchev–Trinajstić information content (AvgIpc) is 2.91. The molecule has 1 unspecified atom stereocenters. The Labute approximate surface area is 259 Å². The molecule has 0 saturated carbocycles. The van der Waals surface area contributed by atoms with E-state index in [9.17, 15) is 49.1 Å². The highest BCUT2D eigenvalue weighted by molar-refractivity contribution is 9.11. The van der Waals surface area contributed by atoms with Crippen LogP contribution in [0.15, 0.2) is 56.2 Å². The number of halogens is 11. The molecule has 1 aromatic heterocycles. The van der Waals surface area contributed by atoms with Crippen molar-refractivity contribution in [2.45, 2.75) is 45.1 Å². The van der Waals surface area contributed by atoms with Gasteiger partial charge in [-0.1, -0.05) is 30.3 Å². The van der Waals surface area contributed by atoms with Crippen molar-refractivity contribution < 1.29 is 53.8 Å². The number of alkyl halides is 9. The summed E-state index contributed by atoms with van der Waals surface area (Å²) >= 11 is 5.19. The molecule has 0 aliphatic carbocycles. The van der Waals surface area contributed by atoms with Crippen LogP contribution >= 0.6 is 31.9 Å². The third kappa shape index (κ3) is 7.74. The minimum absolute atomic E-state index is 0.152. The van der Waals surface area contributed by atoms with Crippen molar-refractivity contribution in [3.05, 3.63) is 84.1 Å². The van der Waals surface area contributed by atoms with Gasteiger partial charge in [-0.25, -0.2) is 9.78 Å². The number of ether oxygens (including phenoxy) is 2. The highest BCUT2D eigenvalue weighted by atomic mass is 79.9. The summed E-state index contributed by atoms with van der Waals surface area (Å²) < 4.78 is 135. The van der Waals surface area contributed by atoms with E-state index in [1.807, 2.05) is 0 Å². The Morgan fingerprint density at radius 2 is 1.52 bits per heavy atom. The van der Waals surface area contributed by atoms with E-state index in [0.717, 1.165) is 0 Å². The van der Waals surface area contributed by atoms with Crippen LogP contribution in [-0.4, -0.2) is 35.0 Å². The third-order valence-corrected chi connectivity index (χ3v) is 7.30. The predicted molar refractivity (Wildman–Crippen MR) is 145 cm³/mol. The van der Waals surface area contributed by atoms with Crippen molar-refractivity contribution >= 4 is 49.5 Å². The van der Waals surface area contributed by atoms with Crippen LogP contribution < -0.4 is 10.5 Å². The van der Waals surface area contributed by atoms with Crippen LogP contribution in [0.5, 0.6) is 0 Å². The maximum atomic E-state index is 14.1. The number of carbonyl (C=O) groups is 1. The van der Waals surface area contributed by atoms with E-state index < -0.39 is 86.8 Å². The summed E-state index contributed by atoms with van der Waals surface area (Å²) in [5.74, 6) is -2.58. The second-order valence-corrected chi connectivity index (χ2v) is 10.3. The quantitative estimate of drug-likeness (QED) is 0.125. The Hall–Kier alpha value is -3.12. The standard InChI is InChI=1S/C26H20Br2F9N3O4/c1-3-43-21(22(42)44-4-2)40(16-11-14(24(29,30)31)10-15(17(16)27)25(32,33)34)23-38-19(26(35,36)37)18(28)20(41)39(23)12-13-8-6-5-7-9-13/h5-11,21H,3-4,12H2,1-2H3. The Kier molecular flexibility index (Phi) is 10.8. The van der Waals surface area contributed by atoms with Crippen molar-refractivity contribution in [1.29, 1.82) is 0 Å². The van der Waals surface area contributed by atoms with Crippen molar-refractivity contribution in [1.82, 2.24) is 9.55 Å². The smallest absolute Gasteiger partial charge is 0.434 e. The van der Waals surface area contributed by atoms with Crippen molar-refractivity contribution in [2.24, 2.45) is 0 Å². The molecular weight excluding hydrogens is 749 g/mol. The maximum Gasteiger partial charge on any atom is 0.434 e. The molecule has 240 valence electrons. The molecule has 0 saturated heterocycles.